The van der Waals surface area contributed by atoms with E-state index in [2.05, 4.69) is 72.7 Å². The van der Waals surface area contributed by atoms with Crippen LogP contribution in [0.15, 0.2) is 48.5 Å². The molecule has 1 aliphatic rings. The van der Waals surface area contributed by atoms with Crippen LogP contribution in [-0.4, -0.2) is 25.0 Å². The summed E-state index contributed by atoms with van der Waals surface area (Å²) in [7, 11) is 2.21. The molecule has 24 heavy (non-hydrogen) atoms. The number of fused-ring (bicyclic) bond motifs is 1. The maximum Gasteiger partial charge on any atom is 0.0291 e. The molecule has 2 aromatic rings. The highest BCUT2D eigenvalue weighted by Gasteiger charge is 2.13. The molecule has 0 aliphatic heterocycles. The molecule has 3 rings (SSSR count). The summed E-state index contributed by atoms with van der Waals surface area (Å²) in [5.74, 6) is 0. The molecular weight excluding hydrogens is 292 g/mol. The fraction of sp³-hybridized carbons (Fsp3) is 0.455. The number of hydrogen-bond acceptors (Lipinski definition) is 2. The summed E-state index contributed by atoms with van der Waals surface area (Å²) in [6, 6.07) is 18.2. The van der Waals surface area contributed by atoms with Crippen LogP contribution in [0.1, 0.15) is 48.1 Å². The van der Waals surface area contributed by atoms with Crippen molar-refractivity contribution in [2.45, 2.75) is 45.2 Å². The van der Waals surface area contributed by atoms with Gasteiger partial charge in [0.2, 0.25) is 0 Å². The van der Waals surface area contributed by atoms with Crippen molar-refractivity contribution in [1.82, 2.24) is 10.2 Å². The van der Waals surface area contributed by atoms with Crippen molar-refractivity contribution in [1.29, 1.82) is 0 Å². The minimum absolute atomic E-state index is 0.440. The molecule has 0 spiro atoms. The van der Waals surface area contributed by atoms with Crippen LogP contribution in [0.25, 0.3) is 0 Å². The van der Waals surface area contributed by atoms with E-state index in [-0.39, 0.29) is 0 Å². The molecule has 0 saturated carbocycles. The summed E-state index contributed by atoms with van der Waals surface area (Å²) in [6.07, 6.45) is 5.04. The highest BCUT2D eigenvalue weighted by Crippen LogP contribution is 2.25. The van der Waals surface area contributed by atoms with Crippen LogP contribution in [-0.2, 0) is 19.4 Å². The Morgan fingerprint density at radius 1 is 1.04 bits per heavy atom. The topological polar surface area (TPSA) is 15.3 Å². The summed E-state index contributed by atoms with van der Waals surface area (Å²) in [6.45, 7) is 5.50. The second-order valence-electron chi connectivity index (χ2n) is 7.13. The smallest absolute Gasteiger partial charge is 0.0291 e. The lowest BCUT2D eigenvalue weighted by Crippen LogP contribution is -2.25. The summed E-state index contributed by atoms with van der Waals surface area (Å²) in [4.78, 5) is 2.40. The highest BCUT2D eigenvalue weighted by molar-refractivity contribution is 5.36. The highest BCUT2D eigenvalue weighted by atomic mass is 15.1. The molecule has 0 bridgehead atoms. The normalized spacial score (nSPS) is 14.8. The average molecular weight is 322 g/mol. The molecule has 0 heterocycles. The van der Waals surface area contributed by atoms with Crippen LogP contribution < -0.4 is 5.32 Å². The van der Waals surface area contributed by atoms with Crippen LogP contribution in [0.5, 0.6) is 0 Å². The Morgan fingerprint density at radius 3 is 2.67 bits per heavy atom. The van der Waals surface area contributed by atoms with Crippen molar-refractivity contribution in [3.63, 3.8) is 0 Å². The Bertz CT molecular complexity index is 636. The molecule has 1 N–H and O–H groups in total. The first-order valence-corrected chi connectivity index (χ1v) is 9.30. The van der Waals surface area contributed by atoms with Crippen LogP contribution in [0, 0.1) is 0 Å². The van der Waals surface area contributed by atoms with E-state index >= 15 is 0 Å². The standard InChI is InChI=1S/C22H30N2/c1-18(21-13-12-20-10-6-11-22(20)16-21)23-14-7-15-24(2)17-19-8-4-3-5-9-19/h3-5,8-9,12-13,16,18,23H,6-7,10-11,14-15,17H2,1-2H3. The molecule has 1 aliphatic carbocycles. The third kappa shape index (κ3) is 4.68. The number of nitrogens with one attached hydrogen (secondary N) is 1. The van der Waals surface area contributed by atoms with Gasteiger partial charge in [-0.3, -0.25) is 0 Å². The molecule has 0 amide bonds. The molecular formula is C22H30N2. The van der Waals surface area contributed by atoms with Crippen LogP contribution in [0.4, 0.5) is 0 Å². The van der Waals surface area contributed by atoms with E-state index in [1.165, 1.54) is 36.8 Å². The Morgan fingerprint density at radius 2 is 1.83 bits per heavy atom. The van der Waals surface area contributed by atoms with Crippen molar-refractivity contribution >= 4 is 0 Å². The maximum atomic E-state index is 3.68. The fourth-order valence-electron chi connectivity index (χ4n) is 3.62. The Labute approximate surface area is 146 Å². The lowest BCUT2D eigenvalue weighted by Gasteiger charge is -2.19. The molecule has 0 radical (unpaired) electrons. The number of aryl methyl sites for hydroxylation is 2. The minimum Gasteiger partial charge on any atom is -0.310 e. The van der Waals surface area contributed by atoms with E-state index in [1.807, 2.05) is 0 Å². The maximum absolute atomic E-state index is 3.68. The van der Waals surface area contributed by atoms with Gasteiger partial charge in [-0.2, -0.15) is 0 Å². The van der Waals surface area contributed by atoms with Gasteiger partial charge in [0.05, 0.1) is 0 Å². The van der Waals surface area contributed by atoms with E-state index in [0.29, 0.717) is 6.04 Å². The van der Waals surface area contributed by atoms with Gasteiger partial charge >= 0.3 is 0 Å². The zero-order chi connectivity index (χ0) is 16.8. The van der Waals surface area contributed by atoms with Crippen LogP contribution >= 0.6 is 0 Å². The number of hydrogen-bond donors (Lipinski definition) is 1. The molecule has 0 aromatic heterocycles. The minimum atomic E-state index is 0.440. The van der Waals surface area contributed by atoms with E-state index in [1.54, 1.807) is 11.1 Å². The second kappa shape index (κ2) is 8.46. The quantitative estimate of drug-likeness (QED) is 0.727. The van der Waals surface area contributed by atoms with Gasteiger partial charge in [-0.05, 0) is 75.0 Å². The van der Waals surface area contributed by atoms with E-state index in [9.17, 15) is 0 Å². The van der Waals surface area contributed by atoms with Crippen molar-refractivity contribution < 1.29 is 0 Å². The Balaban J connectivity index is 1.38. The predicted molar refractivity (Wildman–Crippen MR) is 102 cm³/mol. The largest absolute Gasteiger partial charge is 0.310 e. The zero-order valence-electron chi connectivity index (χ0n) is 15.1. The van der Waals surface area contributed by atoms with Crippen LogP contribution in [0.2, 0.25) is 0 Å². The van der Waals surface area contributed by atoms with Gasteiger partial charge < -0.3 is 10.2 Å². The van der Waals surface area contributed by atoms with Gasteiger partial charge in [-0.25, -0.2) is 0 Å². The van der Waals surface area contributed by atoms with Crippen LogP contribution in [0.3, 0.4) is 0 Å². The molecule has 0 saturated heterocycles. The summed E-state index contributed by atoms with van der Waals surface area (Å²) >= 11 is 0. The first kappa shape index (κ1) is 17.2. The van der Waals surface area contributed by atoms with Gasteiger partial charge in [-0.1, -0.05) is 48.5 Å². The van der Waals surface area contributed by atoms with Gasteiger partial charge in [0.25, 0.3) is 0 Å². The van der Waals surface area contributed by atoms with Crippen molar-refractivity contribution in [3.8, 4) is 0 Å². The van der Waals surface area contributed by atoms with E-state index in [0.717, 1.165) is 19.6 Å². The number of benzene rings is 2. The monoisotopic (exact) mass is 322 g/mol. The van der Waals surface area contributed by atoms with Gasteiger partial charge in [0.15, 0.2) is 0 Å². The molecule has 128 valence electrons. The van der Waals surface area contributed by atoms with Crippen molar-refractivity contribution in [2.24, 2.45) is 0 Å². The summed E-state index contributed by atoms with van der Waals surface area (Å²) in [5.41, 5.74) is 5.96. The van der Waals surface area contributed by atoms with Crippen molar-refractivity contribution in [3.05, 3.63) is 70.8 Å². The van der Waals surface area contributed by atoms with E-state index < -0.39 is 0 Å². The zero-order valence-corrected chi connectivity index (χ0v) is 15.1. The molecule has 2 nitrogen and oxygen atoms in total. The SMILES string of the molecule is CC(NCCCN(C)Cc1ccccc1)c1ccc2c(c1)CCC2. The molecule has 2 aromatic carbocycles. The molecule has 1 unspecified atom stereocenters. The molecule has 2 heteroatoms. The lowest BCUT2D eigenvalue weighted by atomic mass is 10.0. The first-order valence-electron chi connectivity index (χ1n) is 9.30. The Kier molecular flexibility index (Phi) is 6.06. The summed E-state index contributed by atoms with van der Waals surface area (Å²) in [5, 5.41) is 3.68. The summed E-state index contributed by atoms with van der Waals surface area (Å²) < 4.78 is 0. The molecule has 0 fully saturated rings. The Hall–Kier alpha value is -1.64. The third-order valence-corrected chi connectivity index (χ3v) is 5.09. The first-order chi connectivity index (χ1) is 11.7. The predicted octanol–water partition coefficient (Wildman–Crippen LogP) is 4.35. The molecule has 1 atom stereocenters. The van der Waals surface area contributed by atoms with Gasteiger partial charge in [-0.15, -0.1) is 0 Å². The second-order valence-corrected chi connectivity index (χ2v) is 7.13. The third-order valence-electron chi connectivity index (χ3n) is 5.09. The van der Waals surface area contributed by atoms with Gasteiger partial charge in [0, 0.05) is 12.6 Å². The lowest BCUT2D eigenvalue weighted by molar-refractivity contribution is 0.317. The fourth-order valence-corrected chi connectivity index (χ4v) is 3.62. The number of rotatable bonds is 8. The average Bonchev–Trinajstić information content (AvgIpc) is 3.07. The van der Waals surface area contributed by atoms with Gasteiger partial charge in [0.1, 0.15) is 0 Å². The van der Waals surface area contributed by atoms with Crippen molar-refractivity contribution in [2.75, 3.05) is 20.1 Å². The van der Waals surface area contributed by atoms with E-state index in [4.69, 9.17) is 0 Å². The number of nitrogens with zero attached hydrogens (tertiary/aromatic N) is 1.